The molecule has 3 aromatic rings. The number of halogens is 2. The Bertz CT molecular complexity index is 1070. The third-order valence-corrected chi connectivity index (χ3v) is 4.35. The summed E-state index contributed by atoms with van der Waals surface area (Å²) < 4.78 is 13.8. The lowest BCUT2D eigenvalue weighted by Crippen LogP contribution is -2.16. The van der Waals surface area contributed by atoms with Gasteiger partial charge in [-0.05, 0) is 40.8 Å². The first-order valence-corrected chi connectivity index (χ1v) is 8.50. The standard InChI is InChI=1S/C18H11FIN5O/c19-13-7-6-12(15(20)8-13)10-22-25-18-23-16(11-4-2-1-3-5-11)14(9-21)17(26)24-18/h1-8,10H,(H2,23,24,25,26). The van der Waals surface area contributed by atoms with Crippen molar-refractivity contribution in [1.29, 1.82) is 5.26 Å². The summed E-state index contributed by atoms with van der Waals surface area (Å²) in [6.45, 7) is 0. The van der Waals surface area contributed by atoms with Gasteiger partial charge >= 0.3 is 0 Å². The predicted octanol–water partition coefficient (Wildman–Crippen LogP) is 3.50. The van der Waals surface area contributed by atoms with E-state index in [1.54, 1.807) is 30.3 Å². The molecule has 0 saturated carbocycles. The second-order valence-corrected chi connectivity index (χ2v) is 6.31. The maximum absolute atomic E-state index is 13.1. The Morgan fingerprint density at radius 2 is 2.04 bits per heavy atom. The van der Waals surface area contributed by atoms with Crippen LogP contribution in [0.5, 0.6) is 0 Å². The van der Waals surface area contributed by atoms with Crippen LogP contribution in [0.4, 0.5) is 10.3 Å². The molecular formula is C18H11FIN5O. The lowest BCUT2D eigenvalue weighted by molar-refractivity contribution is 0.627. The summed E-state index contributed by atoms with van der Waals surface area (Å²) in [7, 11) is 0. The molecule has 128 valence electrons. The number of benzene rings is 2. The molecule has 0 amide bonds. The first-order chi connectivity index (χ1) is 12.6. The summed E-state index contributed by atoms with van der Waals surface area (Å²) in [4.78, 5) is 18.9. The third kappa shape index (κ3) is 3.94. The van der Waals surface area contributed by atoms with Gasteiger partial charge in [0.15, 0.2) is 0 Å². The van der Waals surface area contributed by atoms with Crippen molar-refractivity contribution in [3.8, 4) is 17.3 Å². The first-order valence-electron chi connectivity index (χ1n) is 7.42. The molecule has 2 N–H and O–H groups in total. The van der Waals surface area contributed by atoms with Gasteiger partial charge in [-0.2, -0.15) is 10.4 Å². The number of aromatic nitrogens is 2. The van der Waals surface area contributed by atoms with E-state index in [4.69, 9.17) is 0 Å². The van der Waals surface area contributed by atoms with E-state index in [9.17, 15) is 14.4 Å². The summed E-state index contributed by atoms with van der Waals surface area (Å²) in [6, 6.07) is 15.1. The van der Waals surface area contributed by atoms with E-state index in [2.05, 4.69) is 20.5 Å². The van der Waals surface area contributed by atoms with Crippen LogP contribution in [-0.4, -0.2) is 16.2 Å². The second-order valence-electron chi connectivity index (χ2n) is 5.15. The fraction of sp³-hybridized carbons (Fsp3) is 0. The molecule has 0 unspecified atom stereocenters. The largest absolute Gasteiger partial charge is 0.290 e. The van der Waals surface area contributed by atoms with E-state index in [0.717, 1.165) is 0 Å². The molecule has 0 bridgehead atoms. The van der Waals surface area contributed by atoms with Crippen LogP contribution < -0.4 is 11.0 Å². The van der Waals surface area contributed by atoms with Crippen LogP contribution in [0.1, 0.15) is 11.1 Å². The van der Waals surface area contributed by atoms with Crippen molar-refractivity contribution in [3.05, 3.63) is 79.4 Å². The van der Waals surface area contributed by atoms with E-state index < -0.39 is 5.56 Å². The molecule has 0 aliphatic rings. The summed E-state index contributed by atoms with van der Waals surface area (Å²) >= 11 is 2.00. The molecule has 1 aromatic heterocycles. The maximum atomic E-state index is 13.1. The molecular weight excluding hydrogens is 448 g/mol. The first kappa shape index (κ1) is 17.8. The van der Waals surface area contributed by atoms with Crippen LogP contribution in [-0.2, 0) is 0 Å². The van der Waals surface area contributed by atoms with Crippen LogP contribution in [0.3, 0.4) is 0 Å². The Balaban J connectivity index is 1.92. The number of rotatable bonds is 4. The highest BCUT2D eigenvalue weighted by atomic mass is 127. The molecule has 0 fully saturated rings. The van der Waals surface area contributed by atoms with Crippen LogP contribution in [0.15, 0.2) is 58.4 Å². The highest BCUT2D eigenvalue weighted by molar-refractivity contribution is 14.1. The van der Waals surface area contributed by atoms with Crippen molar-refractivity contribution in [2.24, 2.45) is 5.10 Å². The van der Waals surface area contributed by atoms with Gasteiger partial charge in [0.05, 0.1) is 11.9 Å². The van der Waals surface area contributed by atoms with E-state index in [1.165, 1.54) is 18.3 Å². The van der Waals surface area contributed by atoms with Crippen LogP contribution in [0.2, 0.25) is 0 Å². The number of nitriles is 1. The molecule has 0 spiro atoms. The lowest BCUT2D eigenvalue weighted by Gasteiger charge is -2.06. The monoisotopic (exact) mass is 459 g/mol. The van der Waals surface area contributed by atoms with Gasteiger partial charge in [-0.15, -0.1) is 0 Å². The second kappa shape index (κ2) is 7.88. The van der Waals surface area contributed by atoms with Gasteiger partial charge in [0.2, 0.25) is 5.95 Å². The van der Waals surface area contributed by atoms with Gasteiger partial charge in [-0.25, -0.2) is 14.8 Å². The van der Waals surface area contributed by atoms with Crippen LogP contribution in [0, 0.1) is 20.7 Å². The van der Waals surface area contributed by atoms with Crippen molar-refractivity contribution < 1.29 is 4.39 Å². The highest BCUT2D eigenvalue weighted by Gasteiger charge is 2.12. The Morgan fingerprint density at radius 3 is 2.73 bits per heavy atom. The maximum Gasteiger partial charge on any atom is 0.270 e. The number of aromatic amines is 1. The van der Waals surface area contributed by atoms with Gasteiger partial charge in [0.1, 0.15) is 17.4 Å². The topological polar surface area (TPSA) is 93.9 Å². The zero-order valence-electron chi connectivity index (χ0n) is 13.2. The number of hydrazone groups is 1. The van der Waals surface area contributed by atoms with Crippen molar-refractivity contribution >= 4 is 34.8 Å². The van der Waals surface area contributed by atoms with E-state index in [0.29, 0.717) is 14.7 Å². The van der Waals surface area contributed by atoms with Gasteiger partial charge < -0.3 is 0 Å². The average Bonchev–Trinajstić information content (AvgIpc) is 2.64. The fourth-order valence-electron chi connectivity index (χ4n) is 2.20. The summed E-state index contributed by atoms with van der Waals surface area (Å²) in [5.74, 6) is -0.230. The minimum absolute atomic E-state index is 0.0705. The molecule has 0 atom stereocenters. The number of hydrogen-bond donors (Lipinski definition) is 2. The van der Waals surface area contributed by atoms with Crippen molar-refractivity contribution in [2.45, 2.75) is 0 Å². The van der Waals surface area contributed by atoms with Gasteiger partial charge in [0.25, 0.3) is 5.56 Å². The molecule has 2 aromatic carbocycles. The quantitative estimate of drug-likeness (QED) is 0.355. The number of nitrogens with zero attached hydrogens (tertiary/aromatic N) is 3. The van der Waals surface area contributed by atoms with Gasteiger partial charge in [-0.1, -0.05) is 30.3 Å². The average molecular weight is 459 g/mol. The van der Waals surface area contributed by atoms with Crippen molar-refractivity contribution in [3.63, 3.8) is 0 Å². The van der Waals surface area contributed by atoms with Crippen molar-refractivity contribution in [1.82, 2.24) is 9.97 Å². The summed E-state index contributed by atoms with van der Waals surface area (Å²) in [6.07, 6.45) is 1.49. The molecule has 0 saturated heterocycles. The van der Waals surface area contributed by atoms with E-state index in [-0.39, 0.29) is 23.0 Å². The highest BCUT2D eigenvalue weighted by Crippen LogP contribution is 2.19. The smallest absolute Gasteiger partial charge is 0.270 e. The molecule has 0 radical (unpaired) electrons. The van der Waals surface area contributed by atoms with Gasteiger partial charge in [-0.3, -0.25) is 9.78 Å². The van der Waals surface area contributed by atoms with E-state index in [1.807, 2.05) is 34.7 Å². The van der Waals surface area contributed by atoms with Gasteiger partial charge in [0, 0.05) is 14.7 Å². The Morgan fingerprint density at radius 1 is 1.27 bits per heavy atom. The Kier molecular flexibility index (Phi) is 5.38. The number of H-pyrrole nitrogens is 1. The van der Waals surface area contributed by atoms with Crippen molar-refractivity contribution in [2.75, 3.05) is 5.43 Å². The molecule has 3 rings (SSSR count). The number of nitrogens with one attached hydrogen (secondary N) is 2. The third-order valence-electron chi connectivity index (χ3n) is 3.42. The lowest BCUT2D eigenvalue weighted by atomic mass is 10.1. The minimum atomic E-state index is -0.560. The normalized spacial score (nSPS) is 10.7. The zero-order chi connectivity index (χ0) is 18.5. The molecule has 0 aliphatic heterocycles. The Labute approximate surface area is 161 Å². The van der Waals surface area contributed by atoms with Crippen LogP contribution >= 0.6 is 22.6 Å². The number of hydrogen-bond acceptors (Lipinski definition) is 5. The molecule has 26 heavy (non-hydrogen) atoms. The number of anilines is 1. The molecule has 1 heterocycles. The SMILES string of the molecule is N#Cc1c(-c2ccccc2)nc(NN=Cc2ccc(F)cc2I)[nH]c1=O. The molecule has 8 heteroatoms. The minimum Gasteiger partial charge on any atom is -0.290 e. The summed E-state index contributed by atoms with van der Waals surface area (Å²) in [5.41, 5.74) is 3.63. The Hall–Kier alpha value is -3.06. The van der Waals surface area contributed by atoms with E-state index >= 15 is 0 Å². The fourth-order valence-corrected chi connectivity index (χ4v) is 2.82. The molecule has 6 nitrogen and oxygen atoms in total. The van der Waals surface area contributed by atoms with Crippen LogP contribution in [0.25, 0.3) is 11.3 Å². The molecule has 0 aliphatic carbocycles. The summed E-state index contributed by atoms with van der Waals surface area (Å²) in [5, 5.41) is 13.3. The predicted molar refractivity (Wildman–Crippen MR) is 105 cm³/mol. The zero-order valence-corrected chi connectivity index (χ0v) is 15.4.